The van der Waals surface area contributed by atoms with E-state index in [2.05, 4.69) is 5.32 Å². The Morgan fingerprint density at radius 3 is 2.44 bits per heavy atom. The predicted octanol–water partition coefficient (Wildman–Crippen LogP) is 6.47. The minimum Gasteiger partial charge on any atom is -0.444 e. The zero-order valence-electron chi connectivity index (χ0n) is 20.4. The normalized spacial score (nSPS) is 19.9. The van der Waals surface area contributed by atoms with E-state index in [4.69, 9.17) is 44.6 Å². The molecule has 2 aliphatic heterocycles. The zero-order chi connectivity index (χ0) is 26.0. The molecule has 2 aliphatic rings. The summed E-state index contributed by atoms with van der Waals surface area (Å²) >= 11 is 18.7. The summed E-state index contributed by atoms with van der Waals surface area (Å²) in [6, 6.07) is 12.2. The van der Waals surface area contributed by atoms with E-state index >= 15 is 0 Å². The highest BCUT2D eigenvalue weighted by Gasteiger charge is 2.37. The van der Waals surface area contributed by atoms with Gasteiger partial charge in [0.2, 0.25) is 5.91 Å². The molecule has 1 fully saturated rings. The number of carbonyl (C=O) groups is 2. The van der Waals surface area contributed by atoms with Crippen molar-refractivity contribution in [2.45, 2.75) is 57.7 Å². The number of hydrazone groups is 1. The van der Waals surface area contributed by atoms with Gasteiger partial charge >= 0.3 is 6.09 Å². The number of carbonyl (C=O) groups excluding carboxylic acids is 2. The van der Waals surface area contributed by atoms with Gasteiger partial charge in [0.25, 0.3) is 0 Å². The molecule has 10 heteroatoms. The lowest BCUT2D eigenvalue weighted by molar-refractivity contribution is -0.125. The van der Waals surface area contributed by atoms with E-state index in [1.54, 1.807) is 12.1 Å². The molecule has 2 aromatic carbocycles. The van der Waals surface area contributed by atoms with E-state index in [-0.39, 0.29) is 18.5 Å². The Bertz CT molecular complexity index is 1160. The van der Waals surface area contributed by atoms with Gasteiger partial charge in [-0.2, -0.15) is 5.10 Å². The average Bonchev–Trinajstić information content (AvgIpc) is 3.45. The van der Waals surface area contributed by atoms with E-state index in [0.29, 0.717) is 40.1 Å². The van der Waals surface area contributed by atoms with Crippen molar-refractivity contribution in [1.82, 2.24) is 10.2 Å². The molecule has 192 valence electrons. The number of hydrogen-bond donors (Lipinski definition) is 1. The Morgan fingerprint density at radius 1 is 1.08 bits per heavy atom. The summed E-state index contributed by atoms with van der Waals surface area (Å²) in [7, 11) is 0. The highest BCUT2D eigenvalue weighted by Crippen LogP contribution is 2.39. The van der Waals surface area contributed by atoms with E-state index in [1.807, 2.05) is 56.1 Å². The second kappa shape index (κ2) is 10.9. The Morgan fingerprint density at radius 2 is 1.78 bits per heavy atom. The molecular weight excluding hydrogens is 523 g/mol. The Hall–Kier alpha value is -2.48. The van der Waals surface area contributed by atoms with Crippen molar-refractivity contribution in [1.29, 1.82) is 0 Å². The number of anilines is 1. The third kappa shape index (κ3) is 6.25. The molecule has 1 saturated heterocycles. The summed E-state index contributed by atoms with van der Waals surface area (Å²) in [6.07, 6.45) is 1.46. The fourth-order valence-electron chi connectivity index (χ4n) is 4.40. The number of rotatable bonds is 5. The molecule has 2 aromatic rings. The van der Waals surface area contributed by atoms with Crippen molar-refractivity contribution in [2.75, 3.05) is 18.1 Å². The third-order valence-corrected chi connectivity index (χ3v) is 6.82. The summed E-state index contributed by atoms with van der Waals surface area (Å²) in [4.78, 5) is 27.1. The molecule has 0 aliphatic carbocycles. The third-order valence-electron chi connectivity index (χ3n) is 6.03. The monoisotopic (exact) mass is 550 g/mol. The molecular formula is C26H29Cl3N4O3. The summed E-state index contributed by atoms with van der Waals surface area (Å²) in [5.41, 5.74) is 1.90. The Balaban J connectivity index is 1.49. The van der Waals surface area contributed by atoms with Crippen molar-refractivity contribution in [3.05, 3.63) is 63.1 Å². The summed E-state index contributed by atoms with van der Waals surface area (Å²) < 4.78 is 5.48. The van der Waals surface area contributed by atoms with Gasteiger partial charge in [-0.05, 0) is 69.5 Å². The second-order valence-electron chi connectivity index (χ2n) is 9.93. The van der Waals surface area contributed by atoms with Gasteiger partial charge in [-0.3, -0.25) is 14.7 Å². The van der Waals surface area contributed by atoms with Crippen LogP contribution in [-0.2, 0) is 9.53 Å². The molecule has 2 unspecified atom stereocenters. The summed E-state index contributed by atoms with van der Waals surface area (Å²) in [5.74, 6) is -0.216. The Labute approximate surface area is 226 Å². The summed E-state index contributed by atoms with van der Waals surface area (Å²) in [6.45, 7) is 6.18. The first-order valence-corrected chi connectivity index (χ1v) is 13.0. The number of nitrogens with zero attached hydrogens (tertiary/aromatic N) is 3. The second-order valence-corrected chi connectivity index (χ2v) is 11.2. The fourth-order valence-corrected chi connectivity index (χ4v) is 5.02. The number of benzene rings is 2. The number of halogens is 3. The minimum absolute atomic E-state index is 0.127. The highest BCUT2D eigenvalue weighted by atomic mass is 35.5. The molecule has 2 heterocycles. The number of likely N-dealkylation sites (tertiary alicyclic amines) is 1. The quantitative estimate of drug-likeness (QED) is 0.462. The van der Waals surface area contributed by atoms with Crippen LogP contribution in [0.1, 0.15) is 51.6 Å². The van der Waals surface area contributed by atoms with Gasteiger partial charge < -0.3 is 10.1 Å². The lowest BCUT2D eigenvalue weighted by atomic mass is 10.0. The molecule has 0 spiro atoms. The van der Waals surface area contributed by atoms with E-state index in [0.717, 1.165) is 17.7 Å². The van der Waals surface area contributed by atoms with Crippen LogP contribution in [0.2, 0.25) is 15.1 Å². The molecule has 7 nitrogen and oxygen atoms in total. The molecule has 0 radical (unpaired) electrons. The fraction of sp³-hybridized carbons (Fsp3) is 0.423. The molecule has 2 amide bonds. The van der Waals surface area contributed by atoms with Gasteiger partial charge in [0.1, 0.15) is 11.6 Å². The lowest BCUT2D eigenvalue weighted by Gasteiger charge is -2.28. The highest BCUT2D eigenvalue weighted by molar-refractivity contribution is 6.36. The van der Waals surface area contributed by atoms with E-state index < -0.39 is 17.7 Å². The summed E-state index contributed by atoms with van der Waals surface area (Å²) in [5, 5.41) is 11.3. The van der Waals surface area contributed by atoms with Crippen molar-refractivity contribution in [3.63, 3.8) is 0 Å². The maximum Gasteiger partial charge on any atom is 0.410 e. The smallest absolute Gasteiger partial charge is 0.410 e. The Kier molecular flexibility index (Phi) is 8.03. The maximum absolute atomic E-state index is 13.0. The van der Waals surface area contributed by atoms with Crippen molar-refractivity contribution < 1.29 is 14.3 Å². The SMILES string of the molecule is CC(C)(C)OC(=O)N1CCCC1C(=O)NCC1=NN(c2ccc(Cl)cc2Cl)C(c2ccc(Cl)cc2)C1. The first kappa shape index (κ1) is 26.6. The molecule has 0 saturated carbocycles. The van der Waals surface area contributed by atoms with E-state index in [1.165, 1.54) is 4.90 Å². The minimum atomic E-state index is -0.623. The van der Waals surface area contributed by atoms with Crippen LogP contribution in [0.15, 0.2) is 47.6 Å². The number of ether oxygens (including phenoxy) is 1. The van der Waals surface area contributed by atoms with Crippen LogP contribution in [0.4, 0.5) is 10.5 Å². The van der Waals surface area contributed by atoms with Crippen LogP contribution in [0.3, 0.4) is 0 Å². The van der Waals surface area contributed by atoms with E-state index in [9.17, 15) is 9.59 Å². The van der Waals surface area contributed by atoms with Gasteiger partial charge in [-0.15, -0.1) is 0 Å². The molecule has 4 rings (SSSR count). The standard InChI is InChI=1S/C26H29Cl3N4O3/c1-26(2,3)36-25(35)32-12-4-5-22(32)24(34)30-15-19-14-23(16-6-8-17(27)9-7-16)33(31-19)21-11-10-18(28)13-20(21)29/h6-11,13,22-23H,4-5,12,14-15H2,1-3H3,(H,30,34). The number of nitrogens with one attached hydrogen (secondary N) is 1. The van der Waals surface area contributed by atoms with Gasteiger partial charge in [0.15, 0.2) is 0 Å². The van der Waals surface area contributed by atoms with Crippen molar-refractivity contribution in [2.24, 2.45) is 5.10 Å². The first-order chi connectivity index (χ1) is 17.0. The lowest BCUT2D eigenvalue weighted by Crippen LogP contribution is -2.48. The van der Waals surface area contributed by atoms with Crippen LogP contribution in [0.25, 0.3) is 0 Å². The van der Waals surface area contributed by atoms with Crippen LogP contribution in [0.5, 0.6) is 0 Å². The largest absolute Gasteiger partial charge is 0.444 e. The van der Waals surface area contributed by atoms with Crippen molar-refractivity contribution in [3.8, 4) is 0 Å². The molecule has 1 N–H and O–H groups in total. The first-order valence-electron chi connectivity index (χ1n) is 11.9. The van der Waals surface area contributed by atoms with Crippen LogP contribution < -0.4 is 10.3 Å². The van der Waals surface area contributed by atoms with Gasteiger partial charge in [0.05, 0.1) is 29.0 Å². The van der Waals surface area contributed by atoms with Crippen molar-refractivity contribution >= 4 is 58.2 Å². The predicted molar refractivity (Wildman–Crippen MR) is 144 cm³/mol. The molecule has 2 atom stereocenters. The topological polar surface area (TPSA) is 74.2 Å². The maximum atomic E-state index is 13.0. The van der Waals surface area contributed by atoms with Crippen LogP contribution >= 0.6 is 34.8 Å². The molecule has 0 bridgehead atoms. The van der Waals surface area contributed by atoms with Crippen LogP contribution in [-0.4, -0.2) is 47.3 Å². The zero-order valence-corrected chi connectivity index (χ0v) is 22.7. The molecule has 36 heavy (non-hydrogen) atoms. The van der Waals surface area contributed by atoms with Gasteiger partial charge in [-0.25, -0.2) is 4.79 Å². The van der Waals surface area contributed by atoms with Gasteiger partial charge in [0, 0.05) is 23.0 Å². The van der Waals surface area contributed by atoms with Crippen LogP contribution in [0, 0.1) is 0 Å². The number of amides is 2. The molecule has 0 aromatic heterocycles. The van der Waals surface area contributed by atoms with Gasteiger partial charge in [-0.1, -0.05) is 46.9 Å². The number of hydrogen-bond acceptors (Lipinski definition) is 5. The average molecular weight is 552 g/mol.